The molecule has 1 fully saturated rings. The first-order valence-electron chi connectivity index (χ1n) is 26.1. The predicted octanol–water partition coefficient (Wildman–Crippen LogP) is 2.10. The van der Waals surface area contributed by atoms with Crippen molar-refractivity contribution in [3.05, 3.63) is 48.6 Å². The topological polar surface area (TPSA) is 329 Å². The number of Topliss-reactive ketones (excluding diaryl/α,β-unsaturated/α-hetero) is 1. The zero-order valence-electron chi connectivity index (χ0n) is 47.1. The number of nitrogens with zero attached hydrogens (tertiary/aromatic N) is 1. The SMILES string of the molecule is C=CCOC(=O)CNC(=O)C(=O)C(CCC)NC(=O)[C@@H]1C[C@@H](NC(=O)OCc2ccccc2)CN1C(=O)C(NC(=O)C(NC(=O)C(CCC(=O)OC(C)(C)C)NC(=O)C(CCC(=O)OC(C)(C)C)NC(C)=O)C(C)C)C(C)C. The van der Waals surface area contributed by atoms with Crippen LogP contribution in [0.3, 0.4) is 0 Å². The molecule has 78 heavy (non-hydrogen) atoms. The van der Waals surface area contributed by atoms with Crippen molar-refractivity contribution >= 4 is 71.1 Å². The van der Waals surface area contributed by atoms with E-state index in [1.165, 1.54) is 6.08 Å². The Morgan fingerprint density at radius 2 is 1.22 bits per heavy atom. The van der Waals surface area contributed by atoms with Gasteiger partial charge in [0.2, 0.25) is 41.2 Å². The largest absolute Gasteiger partial charge is 0.460 e. The van der Waals surface area contributed by atoms with Crippen LogP contribution in [0.4, 0.5) is 4.79 Å². The lowest BCUT2D eigenvalue weighted by atomic mass is 9.98. The van der Waals surface area contributed by atoms with Gasteiger partial charge in [-0.15, -0.1) is 0 Å². The Hall–Kier alpha value is -7.40. The van der Waals surface area contributed by atoms with Gasteiger partial charge in [-0.05, 0) is 84.6 Å². The summed E-state index contributed by atoms with van der Waals surface area (Å²) in [7, 11) is 0. The molecule has 1 aliphatic rings. The summed E-state index contributed by atoms with van der Waals surface area (Å²) in [5.41, 5.74) is -1.04. The van der Waals surface area contributed by atoms with Crippen LogP contribution in [0.1, 0.15) is 134 Å². The molecule has 8 amide bonds. The number of amides is 8. The second kappa shape index (κ2) is 31.7. The third-order valence-corrected chi connectivity index (χ3v) is 11.5. The van der Waals surface area contributed by atoms with Crippen LogP contribution >= 0.6 is 0 Å². The lowest BCUT2D eigenvalue weighted by Crippen LogP contribution is -2.61. The first-order chi connectivity index (χ1) is 36.4. The number of hydrogen-bond donors (Lipinski definition) is 7. The third kappa shape index (κ3) is 24.3. The van der Waals surface area contributed by atoms with Crippen LogP contribution in [0.25, 0.3) is 0 Å². The fourth-order valence-electron chi connectivity index (χ4n) is 7.88. The molecule has 1 aromatic rings. The Balaban J connectivity index is 2.49. The van der Waals surface area contributed by atoms with Crippen LogP contribution < -0.4 is 37.2 Å². The molecule has 7 N–H and O–H groups in total. The van der Waals surface area contributed by atoms with E-state index in [1.807, 2.05) is 0 Å². The van der Waals surface area contributed by atoms with Crippen LogP contribution in [-0.2, 0) is 78.3 Å². The summed E-state index contributed by atoms with van der Waals surface area (Å²) in [4.78, 5) is 162. The summed E-state index contributed by atoms with van der Waals surface area (Å²) < 4.78 is 21.0. The third-order valence-electron chi connectivity index (χ3n) is 11.5. The molecule has 434 valence electrons. The minimum Gasteiger partial charge on any atom is -0.460 e. The van der Waals surface area contributed by atoms with Crippen molar-refractivity contribution in [1.82, 2.24) is 42.1 Å². The van der Waals surface area contributed by atoms with Crippen molar-refractivity contribution in [3.8, 4) is 0 Å². The normalized spacial score (nSPS) is 16.2. The van der Waals surface area contributed by atoms with Gasteiger partial charge in [0.15, 0.2) is 0 Å². The number of rotatable bonds is 29. The van der Waals surface area contributed by atoms with Crippen LogP contribution in [0.15, 0.2) is 43.0 Å². The van der Waals surface area contributed by atoms with E-state index in [-0.39, 0.29) is 58.3 Å². The van der Waals surface area contributed by atoms with E-state index >= 15 is 0 Å². The molecular weight excluding hydrogens is 1020 g/mol. The molecule has 1 aliphatic heterocycles. The summed E-state index contributed by atoms with van der Waals surface area (Å²) in [5, 5.41) is 17.8. The molecule has 2 rings (SSSR count). The fraction of sp³-hybridized carbons (Fsp3) is 0.630. The van der Waals surface area contributed by atoms with E-state index in [2.05, 4.69) is 43.8 Å². The maximum atomic E-state index is 14.8. The molecule has 0 aliphatic carbocycles. The standard InChI is InChI=1S/C54H82N8O16/c1-14-19-36(45(67)50(72)55-28-42(66)75-26-15-2)58-48(70)39-27-35(57-52(74)76-30-34-20-17-16-18-21-34)29-62(39)51(73)44(32(5)6)61-49(71)43(31(3)4)60-47(69)38(23-25-41(65)78-54(11,12)13)59-46(68)37(56-33(7)63)22-24-40(64)77-53(8,9)10/h15-18,20-21,31-32,35-39,43-44H,2,14,19,22-30H2,1,3-13H3,(H,55,72)(H,56,63)(H,57,74)(H,58,70)(H,59,68)(H,60,69)(H,61,71)/t35-,36?,37?,38?,39+,43?,44?/m1/s1. The monoisotopic (exact) mass is 1100 g/mol. The molecule has 0 saturated carbocycles. The number of likely N-dealkylation sites (tertiary alicyclic amines) is 1. The fourth-order valence-corrected chi connectivity index (χ4v) is 7.88. The number of ether oxygens (including phenoxy) is 4. The summed E-state index contributed by atoms with van der Waals surface area (Å²) in [6.07, 6.45) is -0.667. The highest BCUT2D eigenvalue weighted by Gasteiger charge is 2.45. The van der Waals surface area contributed by atoms with E-state index in [1.54, 1.807) is 106 Å². The van der Waals surface area contributed by atoms with Gasteiger partial charge in [0.1, 0.15) is 61.2 Å². The number of ketones is 1. The van der Waals surface area contributed by atoms with Crippen molar-refractivity contribution in [1.29, 1.82) is 0 Å². The molecule has 1 saturated heterocycles. The average Bonchev–Trinajstić information content (AvgIpc) is 3.77. The van der Waals surface area contributed by atoms with Gasteiger partial charge in [0, 0.05) is 26.3 Å². The first-order valence-corrected chi connectivity index (χ1v) is 26.1. The van der Waals surface area contributed by atoms with Gasteiger partial charge in [-0.25, -0.2) is 4.79 Å². The molecule has 24 nitrogen and oxygen atoms in total. The molecule has 1 heterocycles. The van der Waals surface area contributed by atoms with Crippen molar-refractivity contribution in [3.63, 3.8) is 0 Å². The van der Waals surface area contributed by atoms with Crippen molar-refractivity contribution in [2.24, 2.45) is 11.8 Å². The molecule has 0 bridgehead atoms. The van der Waals surface area contributed by atoms with Crippen molar-refractivity contribution in [2.45, 2.75) is 188 Å². The number of nitrogens with one attached hydrogen (secondary N) is 7. The zero-order valence-corrected chi connectivity index (χ0v) is 47.1. The minimum absolute atomic E-state index is 0.0183. The molecule has 0 spiro atoms. The lowest BCUT2D eigenvalue weighted by Gasteiger charge is -2.33. The van der Waals surface area contributed by atoms with E-state index in [9.17, 15) is 57.5 Å². The maximum Gasteiger partial charge on any atom is 0.407 e. The molecule has 5 unspecified atom stereocenters. The van der Waals surface area contributed by atoms with Crippen LogP contribution in [0.2, 0.25) is 0 Å². The van der Waals surface area contributed by atoms with Gasteiger partial charge in [-0.3, -0.25) is 52.7 Å². The van der Waals surface area contributed by atoms with Gasteiger partial charge in [-0.2, -0.15) is 0 Å². The Bertz CT molecular complexity index is 2290. The molecule has 0 radical (unpaired) electrons. The second-order valence-electron chi connectivity index (χ2n) is 21.5. The average molecular weight is 1100 g/mol. The quantitative estimate of drug-likeness (QED) is 0.0261. The molecule has 1 aromatic carbocycles. The number of benzene rings is 1. The van der Waals surface area contributed by atoms with E-state index in [4.69, 9.17) is 18.9 Å². The second-order valence-corrected chi connectivity index (χ2v) is 21.5. The Morgan fingerprint density at radius 3 is 1.73 bits per heavy atom. The summed E-state index contributed by atoms with van der Waals surface area (Å²) >= 11 is 0. The van der Waals surface area contributed by atoms with Crippen LogP contribution in [0, 0.1) is 11.8 Å². The zero-order chi connectivity index (χ0) is 59.1. The van der Waals surface area contributed by atoms with Gasteiger partial charge >= 0.3 is 24.0 Å². The van der Waals surface area contributed by atoms with Crippen LogP contribution in [0.5, 0.6) is 0 Å². The summed E-state index contributed by atoms with van der Waals surface area (Å²) in [6.45, 7) is 21.5. The lowest BCUT2D eigenvalue weighted by molar-refractivity contribution is -0.156. The highest BCUT2D eigenvalue weighted by atomic mass is 16.6. The number of esters is 3. The molecular formula is C54H82N8O16. The number of hydrogen-bond acceptors (Lipinski definition) is 16. The van der Waals surface area contributed by atoms with E-state index < -0.39 is 143 Å². The number of carbonyl (C=O) groups is 12. The summed E-state index contributed by atoms with van der Waals surface area (Å²) in [5.74, 6) is -10.8. The van der Waals surface area contributed by atoms with Crippen molar-refractivity contribution in [2.75, 3.05) is 19.7 Å². The minimum atomic E-state index is -1.51. The van der Waals surface area contributed by atoms with Gasteiger partial charge in [0.25, 0.3) is 5.91 Å². The molecule has 7 atom stereocenters. The highest BCUT2D eigenvalue weighted by molar-refractivity contribution is 6.38. The Kier molecular flexibility index (Phi) is 27.1. The van der Waals surface area contributed by atoms with Gasteiger partial charge in [0.05, 0.1) is 12.1 Å². The molecule has 24 heteroatoms. The first kappa shape index (κ1) is 66.7. The van der Waals surface area contributed by atoms with Crippen LogP contribution in [-0.4, -0.2) is 149 Å². The van der Waals surface area contributed by atoms with Crippen molar-refractivity contribution < 1.29 is 76.5 Å². The highest BCUT2D eigenvalue weighted by Crippen LogP contribution is 2.23. The van der Waals surface area contributed by atoms with Gasteiger partial charge < -0.3 is 61.1 Å². The Labute approximate surface area is 456 Å². The van der Waals surface area contributed by atoms with E-state index in [0.717, 1.165) is 11.8 Å². The molecule has 0 aromatic heterocycles. The Morgan fingerprint density at radius 1 is 0.679 bits per heavy atom. The number of alkyl carbamates (subject to hydrolysis) is 1. The maximum absolute atomic E-state index is 14.8. The number of carbonyl (C=O) groups excluding carboxylic acids is 12. The van der Waals surface area contributed by atoms with Gasteiger partial charge in [-0.1, -0.05) is 84.0 Å². The predicted molar refractivity (Wildman–Crippen MR) is 283 cm³/mol. The van der Waals surface area contributed by atoms with E-state index in [0.29, 0.717) is 12.0 Å². The summed E-state index contributed by atoms with van der Waals surface area (Å²) in [6, 6.07) is -0.527. The smallest absolute Gasteiger partial charge is 0.407 e.